The molecule has 2 rings (SSSR count). The van der Waals surface area contributed by atoms with Gasteiger partial charge in [0.2, 0.25) is 5.43 Å². The summed E-state index contributed by atoms with van der Waals surface area (Å²) >= 11 is 0. The molecule has 0 atom stereocenters. The number of aryl methyl sites for hydroxylation is 2. The standard InChI is InChI=1S/C12H13N3O/c1-8-5-3-4-6-10(8)15-9(2)7-11(16)12(13)14-15/h3-7H,1-2H3,(H2,13,14). The van der Waals surface area contributed by atoms with Gasteiger partial charge in [0.25, 0.3) is 0 Å². The number of rotatable bonds is 1. The van der Waals surface area contributed by atoms with Crippen molar-refractivity contribution in [3.8, 4) is 5.69 Å². The number of nitrogens with two attached hydrogens (primary N) is 1. The van der Waals surface area contributed by atoms with E-state index in [1.165, 1.54) is 6.07 Å². The van der Waals surface area contributed by atoms with Crippen LogP contribution < -0.4 is 11.2 Å². The van der Waals surface area contributed by atoms with Crippen LogP contribution in [-0.4, -0.2) is 9.78 Å². The third kappa shape index (κ3) is 1.69. The normalized spacial score (nSPS) is 10.4. The van der Waals surface area contributed by atoms with E-state index in [0.717, 1.165) is 16.9 Å². The number of hydrogen-bond donors (Lipinski definition) is 1. The molecule has 0 spiro atoms. The zero-order valence-electron chi connectivity index (χ0n) is 9.27. The Balaban J connectivity index is 2.70. The lowest BCUT2D eigenvalue weighted by atomic mass is 10.2. The summed E-state index contributed by atoms with van der Waals surface area (Å²) in [5.41, 5.74) is 8.09. The lowest BCUT2D eigenvalue weighted by Crippen LogP contribution is -2.18. The van der Waals surface area contributed by atoms with Crippen LogP contribution in [0.1, 0.15) is 11.3 Å². The van der Waals surface area contributed by atoms with Crippen molar-refractivity contribution in [1.29, 1.82) is 0 Å². The van der Waals surface area contributed by atoms with Gasteiger partial charge in [-0.15, -0.1) is 5.10 Å². The van der Waals surface area contributed by atoms with Crippen LogP contribution in [0.15, 0.2) is 35.1 Å². The molecule has 4 nitrogen and oxygen atoms in total. The van der Waals surface area contributed by atoms with Crippen LogP contribution in [0, 0.1) is 13.8 Å². The lowest BCUT2D eigenvalue weighted by molar-refractivity contribution is 0.802. The van der Waals surface area contributed by atoms with Crippen molar-refractivity contribution in [2.45, 2.75) is 13.8 Å². The molecule has 1 heterocycles. The zero-order chi connectivity index (χ0) is 11.7. The largest absolute Gasteiger partial charge is 0.379 e. The molecule has 2 N–H and O–H groups in total. The van der Waals surface area contributed by atoms with E-state index in [4.69, 9.17) is 5.73 Å². The Morgan fingerprint density at radius 2 is 1.94 bits per heavy atom. The number of anilines is 1. The van der Waals surface area contributed by atoms with Gasteiger partial charge in [0, 0.05) is 11.8 Å². The van der Waals surface area contributed by atoms with Crippen LogP contribution in [0.25, 0.3) is 5.69 Å². The molecule has 0 fully saturated rings. The summed E-state index contributed by atoms with van der Waals surface area (Å²) in [5.74, 6) is 0.0221. The highest BCUT2D eigenvalue weighted by Crippen LogP contribution is 2.13. The fraction of sp³-hybridized carbons (Fsp3) is 0.167. The van der Waals surface area contributed by atoms with E-state index >= 15 is 0 Å². The fourth-order valence-corrected chi connectivity index (χ4v) is 1.61. The molecule has 0 radical (unpaired) electrons. The molecule has 16 heavy (non-hydrogen) atoms. The third-order valence-corrected chi connectivity index (χ3v) is 2.48. The minimum atomic E-state index is -0.234. The van der Waals surface area contributed by atoms with E-state index in [-0.39, 0.29) is 11.2 Å². The molecule has 82 valence electrons. The predicted molar refractivity (Wildman–Crippen MR) is 63.7 cm³/mol. The van der Waals surface area contributed by atoms with Crippen molar-refractivity contribution in [2.24, 2.45) is 0 Å². The molecule has 0 saturated carbocycles. The maximum atomic E-state index is 11.3. The maximum absolute atomic E-state index is 11.3. The molecule has 1 aromatic carbocycles. The van der Waals surface area contributed by atoms with Crippen LogP contribution >= 0.6 is 0 Å². The van der Waals surface area contributed by atoms with Gasteiger partial charge in [0.15, 0.2) is 5.82 Å². The highest BCUT2D eigenvalue weighted by Gasteiger charge is 2.06. The van der Waals surface area contributed by atoms with E-state index in [0.29, 0.717) is 0 Å². The van der Waals surface area contributed by atoms with Gasteiger partial charge >= 0.3 is 0 Å². The first kappa shape index (κ1) is 10.4. The summed E-state index contributed by atoms with van der Waals surface area (Å²) in [6, 6.07) is 9.32. The van der Waals surface area contributed by atoms with Crippen molar-refractivity contribution in [3.05, 3.63) is 51.8 Å². The van der Waals surface area contributed by atoms with Crippen LogP contribution in [0.5, 0.6) is 0 Å². The fourth-order valence-electron chi connectivity index (χ4n) is 1.61. The van der Waals surface area contributed by atoms with E-state index in [1.54, 1.807) is 4.68 Å². The minimum Gasteiger partial charge on any atom is -0.379 e. The Labute approximate surface area is 93.3 Å². The van der Waals surface area contributed by atoms with Gasteiger partial charge in [-0.2, -0.15) is 0 Å². The first-order valence-corrected chi connectivity index (χ1v) is 5.02. The molecule has 0 saturated heterocycles. The molecule has 0 aliphatic rings. The Morgan fingerprint density at radius 3 is 2.62 bits per heavy atom. The van der Waals surface area contributed by atoms with Gasteiger partial charge in [0.05, 0.1) is 5.69 Å². The molecule has 4 heteroatoms. The summed E-state index contributed by atoms with van der Waals surface area (Å²) in [4.78, 5) is 11.3. The monoisotopic (exact) mass is 215 g/mol. The topological polar surface area (TPSA) is 60.9 Å². The average Bonchev–Trinajstić information content (AvgIpc) is 2.25. The number of nitrogen functional groups attached to an aromatic ring is 1. The molecular formula is C12H13N3O. The number of hydrogen-bond acceptors (Lipinski definition) is 3. The molecule has 0 amide bonds. The van der Waals surface area contributed by atoms with Gasteiger partial charge in [-0.25, -0.2) is 4.68 Å². The first-order valence-electron chi connectivity index (χ1n) is 5.02. The van der Waals surface area contributed by atoms with Gasteiger partial charge in [-0.3, -0.25) is 4.79 Å². The van der Waals surface area contributed by atoms with Crippen molar-refractivity contribution in [2.75, 3.05) is 5.73 Å². The third-order valence-electron chi connectivity index (χ3n) is 2.48. The summed E-state index contributed by atoms with van der Waals surface area (Å²) in [5, 5.41) is 4.09. The Kier molecular flexibility index (Phi) is 2.48. The number of benzene rings is 1. The zero-order valence-corrected chi connectivity index (χ0v) is 9.27. The van der Waals surface area contributed by atoms with E-state index in [9.17, 15) is 4.79 Å². The minimum absolute atomic E-state index is 0.0221. The molecular weight excluding hydrogens is 202 g/mol. The van der Waals surface area contributed by atoms with Crippen molar-refractivity contribution in [3.63, 3.8) is 0 Å². The molecule has 2 aromatic rings. The van der Waals surface area contributed by atoms with Gasteiger partial charge in [0.1, 0.15) is 0 Å². The summed E-state index contributed by atoms with van der Waals surface area (Å²) < 4.78 is 1.69. The average molecular weight is 215 g/mol. The highest BCUT2D eigenvalue weighted by atomic mass is 16.1. The second-order valence-electron chi connectivity index (χ2n) is 3.73. The predicted octanol–water partition coefficient (Wildman–Crippen LogP) is 1.43. The molecule has 0 unspecified atom stereocenters. The van der Waals surface area contributed by atoms with Crippen molar-refractivity contribution >= 4 is 5.82 Å². The summed E-state index contributed by atoms with van der Waals surface area (Å²) in [6.45, 7) is 3.82. The smallest absolute Gasteiger partial charge is 0.224 e. The second kappa shape index (κ2) is 3.81. The summed E-state index contributed by atoms with van der Waals surface area (Å²) in [7, 11) is 0. The number of nitrogens with zero attached hydrogens (tertiary/aromatic N) is 2. The van der Waals surface area contributed by atoms with Crippen LogP contribution in [0.2, 0.25) is 0 Å². The van der Waals surface area contributed by atoms with Crippen molar-refractivity contribution < 1.29 is 0 Å². The summed E-state index contributed by atoms with van der Waals surface area (Å²) in [6.07, 6.45) is 0. The Hall–Kier alpha value is -2.10. The van der Waals surface area contributed by atoms with Crippen LogP contribution in [0.4, 0.5) is 5.82 Å². The first-order chi connectivity index (χ1) is 7.59. The Bertz CT molecular complexity index is 587. The lowest BCUT2D eigenvalue weighted by Gasteiger charge is -2.11. The maximum Gasteiger partial charge on any atom is 0.224 e. The van der Waals surface area contributed by atoms with Gasteiger partial charge in [-0.1, -0.05) is 18.2 Å². The van der Waals surface area contributed by atoms with Crippen LogP contribution in [0.3, 0.4) is 0 Å². The van der Waals surface area contributed by atoms with E-state index < -0.39 is 0 Å². The highest BCUT2D eigenvalue weighted by molar-refractivity contribution is 5.41. The molecule has 0 aliphatic carbocycles. The van der Waals surface area contributed by atoms with E-state index in [1.807, 2.05) is 38.1 Å². The number of aromatic nitrogens is 2. The van der Waals surface area contributed by atoms with Gasteiger partial charge in [-0.05, 0) is 25.5 Å². The number of para-hydroxylation sites is 1. The SMILES string of the molecule is Cc1ccccc1-n1nc(N)c(=O)cc1C. The Morgan fingerprint density at radius 1 is 1.25 bits per heavy atom. The molecule has 0 aliphatic heterocycles. The van der Waals surface area contributed by atoms with Gasteiger partial charge < -0.3 is 5.73 Å². The van der Waals surface area contributed by atoms with Crippen molar-refractivity contribution in [1.82, 2.24) is 9.78 Å². The quantitative estimate of drug-likeness (QED) is 0.782. The van der Waals surface area contributed by atoms with Crippen LogP contribution in [-0.2, 0) is 0 Å². The molecule has 0 bridgehead atoms. The molecule has 1 aromatic heterocycles. The van der Waals surface area contributed by atoms with E-state index in [2.05, 4.69) is 5.10 Å². The second-order valence-corrected chi connectivity index (χ2v) is 3.73.